The van der Waals surface area contributed by atoms with E-state index in [1.807, 2.05) is 4.90 Å². The van der Waals surface area contributed by atoms with Crippen LogP contribution in [0.3, 0.4) is 0 Å². The summed E-state index contributed by atoms with van der Waals surface area (Å²) in [6, 6.07) is 6.23. The van der Waals surface area contributed by atoms with Gasteiger partial charge in [0.15, 0.2) is 0 Å². The number of nitrogens with two attached hydrogens (primary N) is 1. The van der Waals surface area contributed by atoms with Crippen LogP contribution in [-0.4, -0.2) is 23.4 Å². The van der Waals surface area contributed by atoms with Gasteiger partial charge in [-0.2, -0.15) is 0 Å². The summed E-state index contributed by atoms with van der Waals surface area (Å²) in [6.07, 6.45) is 1.44. The highest BCUT2D eigenvalue weighted by Crippen LogP contribution is 2.35. The SMILES string of the molecule is CCCN1C(=O)CC(N)C1c1c(C)cccc1C. The molecule has 1 saturated heterocycles. The Kier molecular flexibility index (Phi) is 3.71. The maximum Gasteiger partial charge on any atom is 0.224 e. The summed E-state index contributed by atoms with van der Waals surface area (Å²) in [6.45, 7) is 7.09. The monoisotopic (exact) mass is 246 g/mol. The van der Waals surface area contributed by atoms with Crippen molar-refractivity contribution in [3.63, 3.8) is 0 Å². The average Bonchev–Trinajstić information content (AvgIpc) is 2.56. The Labute approximate surface area is 109 Å². The van der Waals surface area contributed by atoms with E-state index in [0.29, 0.717) is 6.42 Å². The van der Waals surface area contributed by atoms with Crippen LogP contribution in [0.1, 0.15) is 42.5 Å². The van der Waals surface area contributed by atoms with Crippen LogP contribution in [-0.2, 0) is 4.79 Å². The lowest BCUT2D eigenvalue weighted by Crippen LogP contribution is -2.34. The predicted octanol–water partition coefficient (Wildman–Crippen LogP) is 2.31. The minimum absolute atomic E-state index is 0.0543. The Hall–Kier alpha value is -1.35. The molecular weight excluding hydrogens is 224 g/mol. The summed E-state index contributed by atoms with van der Waals surface area (Å²) in [5.41, 5.74) is 9.89. The minimum Gasteiger partial charge on any atom is -0.334 e. The second-order valence-electron chi connectivity index (χ2n) is 5.21. The first kappa shape index (κ1) is 13.1. The molecule has 98 valence electrons. The van der Waals surface area contributed by atoms with E-state index in [1.54, 1.807) is 0 Å². The molecule has 0 radical (unpaired) electrons. The number of aryl methyl sites for hydroxylation is 2. The molecule has 2 N–H and O–H groups in total. The van der Waals surface area contributed by atoms with Gasteiger partial charge < -0.3 is 10.6 Å². The molecular formula is C15H22N2O. The van der Waals surface area contributed by atoms with Gasteiger partial charge in [-0.05, 0) is 37.0 Å². The number of amides is 1. The summed E-state index contributed by atoms with van der Waals surface area (Å²) < 4.78 is 0. The van der Waals surface area contributed by atoms with E-state index in [2.05, 4.69) is 39.0 Å². The molecule has 2 atom stereocenters. The van der Waals surface area contributed by atoms with Crippen LogP contribution in [0.4, 0.5) is 0 Å². The molecule has 1 aliphatic heterocycles. The topological polar surface area (TPSA) is 46.3 Å². The van der Waals surface area contributed by atoms with E-state index in [9.17, 15) is 4.79 Å². The van der Waals surface area contributed by atoms with Gasteiger partial charge in [-0.25, -0.2) is 0 Å². The second-order valence-corrected chi connectivity index (χ2v) is 5.21. The Balaban J connectivity index is 2.43. The normalized spacial score (nSPS) is 23.8. The van der Waals surface area contributed by atoms with Crippen molar-refractivity contribution in [2.75, 3.05) is 6.54 Å². The van der Waals surface area contributed by atoms with Crippen molar-refractivity contribution in [3.8, 4) is 0 Å². The Morgan fingerprint density at radius 2 is 1.94 bits per heavy atom. The van der Waals surface area contributed by atoms with Crippen molar-refractivity contribution >= 4 is 5.91 Å². The highest BCUT2D eigenvalue weighted by atomic mass is 16.2. The zero-order chi connectivity index (χ0) is 13.3. The van der Waals surface area contributed by atoms with E-state index < -0.39 is 0 Å². The van der Waals surface area contributed by atoms with Crippen molar-refractivity contribution in [1.82, 2.24) is 4.90 Å². The number of benzene rings is 1. The minimum atomic E-state index is -0.0798. The van der Waals surface area contributed by atoms with E-state index in [0.717, 1.165) is 13.0 Å². The molecule has 1 heterocycles. The number of likely N-dealkylation sites (tertiary alicyclic amines) is 1. The molecule has 1 aliphatic rings. The molecule has 3 nitrogen and oxygen atoms in total. The van der Waals surface area contributed by atoms with Crippen LogP contribution in [0.25, 0.3) is 0 Å². The molecule has 1 fully saturated rings. The summed E-state index contributed by atoms with van der Waals surface area (Å²) in [5, 5.41) is 0. The number of rotatable bonds is 3. The fraction of sp³-hybridized carbons (Fsp3) is 0.533. The van der Waals surface area contributed by atoms with Crippen molar-refractivity contribution < 1.29 is 4.79 Å². The number of carbonyl (C=O) groups excluding carboxylic acids is 1. The van der Waals surface area contributed by atoms with Crippen LogP contribution in [0, 0.1) is 13.8 Å². The molecule has 18 heavy (non-hydrogen) atoms. The van der Waals surface area contributed by atoms with Gasteiger partial charge in [0.25, 0.3) is 0 Å². The van der Waals surface area contributed by atoms with Gasteiger partial charge in [0, 0.05) is 19.0 Å². The highest BCUT2D eigenvalue weighted by Gasteiger charge is 2.39. The van der Waals surface area contributed by atoms with Crippen LogP contribution in [0.5, 0.6) is 0 Å². The first-order valence-corrected chi connectivity index (χ1v) is 6.67. The van der Waals surface area contributed by atoms with E-state index >= 15 is 0 Å². The van der Waals surface area contributed by atoms with Crippen LogP contribution >= 0.6 is 0 Å². The lowest BCUT2D eigenvalue weighted by atomic mass is 9.92. The Morgan fingerprint density at radius 1 is 1.33 bits per heavy atom. The first-order chi connectivity index (χ1) is 8.56. The van der Waals surface area contributed by atoms with Crippen LogP contribution in [0.15, 0.2) is 18.2 Å². The van der Waals surface area contributed by atoms with E-state index in [-0.39, 0.29) is 18.0 Å². The predicted molar refractivity (Wildman–Crippen MR) is 73.3 cm³/mol. The van der Waals surface area contributed by atoms with Crippen molar-refractivity contribution in [2.45, 2.75) is 45.7 Å². The van der Waals surface area contributed by atoms with Gasteiger partial charge in [-0.1, -0.05) is 25.1 Å². The third-order valence-corrected chi connectivity index (χ3v) is 3.77. The molecule has 0 spiro atoms. The zero-order valence-electron chi connectivity index (χ0n) is 11.4. The Morgan fingerprint density at radius 3 is 2.50 bits per heavy atom. The third-order valence-electron chi connectivity index (χ3n) is 3.77. The van der Waals surface area contributed by atoms with Gasteiger partial charge in [0.05, 0.1) is 6.04 Å². The molecule has 3 heteroatoms. The van der Waals surface area contributed by atoms with E-state index in [1.165, 1.54) is 16.7 Å². The number of carbonyl (C=O) groups is 1. The fourth-order valence-corrected chi connectivity index (χ4v) is 2.99. The number of hydrogen-bond acceptors (Lipinski definition) is 2. The summed E-state index contributed by atoms with van der Waals surface area (Å²) in [7, 11) is 0. The smallest absolute Gasteiger partial charge is 0.224 e. The molecule has 0 aliphatic carbocycles. The third kappa shape index (κ3) is 2.15. The maximum absolute atomic E-state index is 12.0. The zero-order valence-corrected chi connectivity index (χ0v) is 11.4. The molecule has 1 amide bonds. The molecule has 0 bridgehead atoms. The largest absolute Gasteiger partial charge is 0.334 e. The van der Waals surface area contributed by atoms with E-state index in [4.69, 9.17) is 5.73 Å². The fourth-order valence-electron chi connectivity index (χ4n) is 2.99. The molecule has 0 saturated carbocycles. The average molecular weight is 246 g/mol. The van der Waals surface area contributed by atoms with Crippen molar-refractivity contribution in [1.29, 1.82) is 0 Å². The maximum atomic E-state index is 12.0. The van der Waals surface area contributed by atoms with Gasteiger partial charge in [0.1, 0.15) is 0 Å². The second kappa shape index (κ2) is 5.11. The molecule has 0 aromatic heterocycles. The Bertz CT molecular complexity index is 436. The summed E-state index contributed by atoms with van der Waals surface area (Å²) in [5.74, 6) is 0.192. The van der Waals surface area contributed by atoms with Gasteiger partial charge in [0.2, 0.25) is 5.91 Å². The first-order valence-electron chi connectivity index (χ1n) is 6.67. The van der Waals surface area contributed by atoms with Crippen molar-refractivity contribution in [3.05, 3.63) is 34.9 Å². The standard InChI is InChI=1S/C15H22N2O/c1-4-8-17-13(18)9-12(16)15(17)14-10(2)6-5-7-11(14)3/h5-7,12,15H,4,8-9,16H2,1-3H3. The number of nitrogens with zero attached hydrogens (tertiary/aromatic N) is 1. The molecule has 2 rings (SSSR count). The van der Waals surface area contributed by atoms with Gasteiger partial charge >= 0.3 is 0 Å². The van der Waals surface area contributed by atoms with Crippen molar-refractivity contribution in [2.24, 2.45) is 5.73 Å². The number of hydrogen-bond donors (Lipinski definition) is 1. The molecule has 1 aromatic rings. The summed E-state index contributed by atoms with van der Waals surface area (Å²) in [4.78, 5) is 14.0. The molecule has 1 aromatic carbocycles. The van der Waals surface area contributed by atoms with Crippen LogP contribution in [0.2, 0.25) is 0 Å². The van der Waals surface area contributed by atoms with Gasteiger partial charge in [-0.3, -0.25) is 4.79 Å². The molecule has 2 unspecified atom stereocenters. The van der Waals surface area contributed by atoms with Gasteiger partial charge in [-0.15, -0.1) is 0 Å². The lowest BCUT2D eigenvalue weighted by molar-refractivity contribution is -0.129. The quantitative estimate of drug-likeness (QED) is 0.889. The summed E-state index contributed by atoms with van der Waals surface area (Å²) >= 11 is 0. The lowest BCUT2D eigenvalue weighted by Gasteiger charge is -2.29. The highest BCUT2D eigenvalue weighted by molar-refractivity contribution is 5.80. The van der Waals surface area contributed by atoms with Crippen LogP contribution < -0.4 is 5.73 Å².